The predicted octanol–water partition coefficient (Wildman–Crippen LogP) is 4.59. The van der Waals surface area contributed by atoms with Crippen LogP contribution in [0.15, 0.2) is 65.4 Å². The molecule has 1 aromatic heterocycles. The number of nitrogens with one attached hydrogen (secondary N) is 1. The first-order valence-electron chi connectivity index (χ1n) is 8.90. The largest absolute Gasteiger partial charge is 0.479 e. The summed E-state index contributed by atoms with van der Waals surface area (Å²) in [5, 5.41) is 15.6. The maximum absolute atomic E-state index is 12.4. The van der Waals surface area contributed by atoms with E-state index in [0.717, 1.165) is 22.3 Å². The minimum Gasteiger partial charge on any atom is -0.479 e. The minimum absolute atomic E-state index is 0.0737. The third-order valence-corrected chi connectivity index (χ3v) is 5.91. The van der Waals surface area contributed by atoms with E-state index in [9.17, 15) is 14.7 Å². The van der Waals surface area contributed by atoms with E-state index in [1.807, 2.05) is 36.4 Å². The average Bonchev–Trinajstić information content (AvgIpc) is 3.33. The average molecular weight is 393 g/mol. The summed E-state index contributed by atoms with van der Waals surface area (Å²) in [5.74, 6) is -1.21. The van der Waals surface area contributed by atoms with Gasteiger partial charge in [-0.25, -0.2) is 9.59 Å². The Morgan fingerprint density at radius 2 is 1.68 bits per heavy atom. The fourth-order valence-corrected chi connectivity index (χ4v) is 4.40. The van der Waals surface area contributed by atoms with Gasteiger partial charge >= 0.3 is 12.1 Å². The smallest absolute Gasteiger partial charge is 0.408 e. The number of benzene rings is 2. The second-order valence-corrected chi connectivity index (χ2v) is 7.67. The highest BCUT2D eigenvalue weighted by Crippen LogP contribution is 2.44. The lowest BCUT2D eigenvalue weighted by atomic mass is 9.95. The number of carbonyl (C=O) groups excluding carboxylic acids is 1. The Hall–Kier alpha value is -3.12. The molecule has 1 heterocycles. The van der Waals surface area contributed by atoms with Gasteiger partial charge in [-0.3, -0.25) is 0 Å². The maximum atomic E-state index is 12.4. The zero-order valence-corrected chi connectivity index (χ0v) is 16.0. The molecule has 3 aromatic rings. The van der Waals surface area contributed by atoms with Gasteiger partial charge in [-0.05, 0) is 51.6 Å². The van der Waals surface area contributed by atoms with Gasteiger partial charge < -0.3 is 15.2 Å². The van der Waals surface area contributed by atoms with Crippen molar-refractivity contribution in [3.63, 3.8) is 0 Å². The molecule has 0 bridgehead atoms. The van der Waals surface area contributed by atoms with Crippen LogP contribution in [0.3, 0.4) is 0 Å². The van der Waals surface area contributed by atoms with E-state index in [-0.39, 0.29) is 12.5 Å². The van der Waals surface area contributed by atoms with Crippen LogP contribution in [0.4, 0.5) is 4.79 Å². The number of carbonyl (C=O) groups is 2. The highest BCUT2D eigenvalue weighted by Gasteiger charge is 2.38. The van der Waals surface area contributed by atoms with Gasteiger partial charge in [0, 0.05) is 5.92 Å². The molecule has 2 N–H and O–H groups in total. The topological polar surface area (TPSA) is 75.6 Å². The van der Waals surface area contributed by atoms with E-state index < -0.39 is 17.6 Å². The van der Waals surface area contributed by atoms with Crippen molar-refractivity contribution in [3.8, 4) is 11.1 Å². The molecule has 5 nitrogen and oxygen atoms in total. The van der Waals surface area contributed by atoms with Crippen molar-refractivity contribution in [3.05, 3.63) is 82.0 Å². The number of fused-ring (bicyclic) bond motifs is 3. The summed E-state index contributed by atoms with van der Waals surface area (Å²) in [5.41, 5.74) is 3.47. The summed E-state index contributed by atoms with van der Waals surface area (Å²) in [6.45, 7) is 1.60. The molecule has 6 heteroatoms. The standard InChI is InChI=1S/C22H19NO4S/c1-22(20(24)25,14-10-11-28-13-14)23-21(26)27-12-19-17-8-4-2-6-15(17)16-7-3-5-9-18(16)19/h2-11,13,19H,12H2,1H3,(H,23,26)(H,24,25)/t22-/m1/s1. The molecular formula is C22H19NO4S. The van der Waals surface area contributed by atoms with Crippen molar-refractivity contribution in [2.24, 2.45) is 0 Å². The Labute approximate surface area is 166 Å². The van der Waals surface area contributed by atoms with Crippen LogP contribution < -0.4 is 5.32 Å². The summed E-state index contributed by atoms with van der Waals surface area (Å²) in [6.07, 6.45) is -0.752. The molecule has 0 saturated carbocycles. The lowest BCUT2D eigenvalue weighted by molar-refractivity contribution is -0.144. The Morgan fingerprint density at radius 3 is 2.21 bits per heavy atom. The van der Waals surface area contributed by atoms with Crippen molar-refractivity contribution in [2.45, 2.75) is 18.4 Å². The molecule has 1 atom stereocenters. The quantitative estimate of drug-likeness (QED) is 0.665. The van der Waals surface area contributed by atoms with Crippen molar-refractivity contribution in [2.75, 3.05) is 6.61 Å². The molecule has 2 aromatic carbocycles. The molecule has 28 heavy (non-hydrogen) atoms. The van der Waals surface area contributed by atoms with E-state index in [4.69, 9.17) is 4.74 Å². The van der Waals surface area contributed by atoms with Crippen LogP contribution >= 0.6 is 11.3 Å². The van der Waals surface area contributed by atoms with Crippen LogP contribution in [0.1, 0.15) is 29.5 Å². The summed E-state index contributed by atoms with van der Waals surface area (Å²) >= 11 is 1.37. The lowest BCUT2D eigenvalue weighted by Gasteiger charge is -2.25. The third kappa shape index (κ3) is 3.05. The summed E-state index contributed by atoms with van der Waals surface area (Å²) < 4.78 is 5.47. The molecule has 0 fully saturated rings. The number of carboxylic acid groups (broad SMARTS) is 1. The Kier molecular flexibility index (Phi) is 4.65. The van der Waals surface area contributed by atoms with E-state index >= 15 is 0 Å². The molecule has 0 aliphatic heterocycles. The Bertz CT molecular complexity index is 985. The number of rotatable bonds is 5. The van der Waals surface area contributed by atoms with Gasteiger partial charge in [0.25, 0.3) is 0 Å². The fourth-order valence-electron chi connectivity index (χ4n) is 3.64. The van der Waals surface area contributed by atoms with Crippen LogP contribution in [-0.4, -0.2) is 23.8 Å². The molecule has 0 spiro atoms. The number of hydrogen-bond acceptors (Lipinski definition) is 4. The van der Waals surface area contributed by atoms with Crippen LogP contribution in [0, 0.1) is 0 Å². The van der Waals surface area contributed by atoms with Gasteiger partial charge in [-0.2, -0.15) is 11.3 Å². The predicted molar refractivity (Wildman–Crippen MR) is 108 cm³/mol. The number of thiophene rings is 1. The fraction of sp³-hybridized carbons (Fsp3) is 0.182. The first kappa shape index (κ1) is 18.3. The Morgan fingerprint density at radius 1 is 1.07 bits per heavy atom. The van der Waals surface area contributed by atoms with Crippen molar-refractivity contribution in [1.82, 2.24) is 5.32 Å². The lowest BCUT2D eigenvalue weighted by Crippen LogP contribution is -2.49. The summed E-state index contributed by atoms with van der Waals surface area (Å²) in [4.78, 5) is 24.2. The second kappa shape index (κ2) is 7.13. The SMILES string of the molecule is C[C@](NC(=O)OCC1c2ccccc2-c2ccccc21)(C(=O)O)c1ccsc1. The highest BCUT2D eigenvalue weighted by molar-refractivity contribution is 7.08. The van der Waals surface area contributed by atoms with E-state index in [2.05, 4.69) is 17.4 Å². The monoisotopic (exact) mass is 393 g/mol. The first-order valence-corrected chi connectivity index (χ1v) is 9.84. The normalized spacial score (nSPS) is 14.6. The molecule has 1 aliphatic rings. The molecule has 1 aliphatic carbocycles. The molecule has 142 valence electrons. The van der Waals surface area contributed by atoms with Crippen molar-refractivity contribution >= 4 is 23.4 Å². The number of ether oxygens (including phenoxy) is 1. The number of alkyl carbamates (subject to hydrolysis) is 1. The van der Waals surface area contributed by atoms with E-state index in [1.165, 1.54) is 18.3 Å². The van der Waals surface area contributed by atoms with Gasteiger partial charge in [0.05, 0.1) is 0 Å². The molecule has 4 rings (SSSR count). The van der Waals surface area contributed by atoms with E-state index in [1.54, 1.807) is 16.8 Å². The molecule has 0 unspecified atom stereocenters. The zero-order chi connectivity index (χ0) is 19.7. The van der Waals surface area contributed by atoms with Crippen LogP contribution in [0.25, 0.3) is 11.1 Å². The first-order chi connectivity index (χ1) is 13.5. The number of hydrogen-bond donors (Lipinski definition) is 2. The molecule has 0 saturated heterocycles. The maximum Gasteiger partial charge on any atom is 0.408 e. The molecular weight excluding hydrogens is 374 g/mol. The minimum atomic E-state index is -1.54. The third-order valence-electron chi connectivity index (χ3n) is 5.22. The van der Waals surface area contributed by atoms with Crippen LogP contribution in [0.5, 0.6) is 0 Å². The van der Waals surface area contributed by atoms with Crippen LogP contribution in [0.2, 0.25) is 0 Å². The molecule has 0 radical (unpaired) electrons. The number of amides is 1. The summed E-state index contributed by atoms with van der Waals surface area (Å²) in [6, 6.07) is 17.8. The van der Waals surface area contributed by atoms with Gasteiger partial charge in [0.1, 0.15) is 6.61 Å². The zero-order valence-electron chi connectivity index (χ0n) is 15.2. The number of aliphatic carboxylic acids is 1. The van der Waals surface area contributed by atoms with Crippen molar-refractivity contribution in [1.29, 1.82) is 0 Å². The van der Waals surface area contributed by atoms with Crippen molar-refractivity contribution < 1.29 is 19.4 Å². The molecule has 1 amide bonds. The Balaban J connectivity index is 1.52. The number of carboxylic acids is 1. The van der Waals surface area contributed by atoms with Crippen LogP contribution in [-0.2, 0) is 15.1 Å². The van der Waals surface area contributed by atoms with Gasteiger partial charge in [-0.1, -0.05) is 48.5 Å². The van der Waals surface area contributed by atoms with Gasteiger partial charge in [-0.15, -0.1) is 0 Å². The second-order valence-electron chi connectivity index (χ2n) is 6.89. The highest BCUT2D eigenvalue weighted by atomic mass is 32.1. The van der Waals surface area contributed by atoms with Gasteiger partial charge in [0.2, 0.25) is 0 Å². The van der Waals surface area contributed by atoms with Gasteiger partial charge in [0.15, 0.2) is 5.54 Å². The van der Waals surface area contributed by atoms with E-state index in [0.29, 0.717) is 5.56 Å². The summed E-state index contributed by atoms with van der Waals surface area (Å²) in [7, 11) is 0.